The molecule has 564 valence electrons. The number of aliphatic hydroxyl groups is 1. The van der Waals surface area contributed by atoms with Gasteiger partial charge >= 0.3 is 39.5 Å². The molecule has 0 radical (unpaired) electrons. The van der Waals surface area contributed by atoms with E-state index in [1.165, 1.54) is 199 Å². The van der Waals surface area contributed by atoms with Crippen molar-refractivity contribution in [3.8, 4) is 0 Å². The third kappa shape index (κ3) is 69.0. The van der Waals surface area contributed by atoms with E-state index in [0.717, 1.165) is 108 Å². The van der Waals surface area contributed by atoms with Crippen LogP contribution in [0.3, 0.4) is 0 Å². The van der Waals surface area contributed by atoms with Crippen molar-refractivity contribution in [1.29, 1.82) is 0 Å². The van der Waals surface area contributed by atoms with Gasteiger partial charge in [0.1, 0.15) is 19.3 Å². The molecule has 0 rings (SSSR count). The van der Waals surface area contributed by atoms with Crippen LogP contribution >= 0.6 is 15.6 Å². The van der Waals surface area contributed by atoms with Gasteiger partial charge in [-0.1, -0.05) is 337 Å². The zero-order valence-corrected chi connectivity index (χ0v) is 63.9. The predicted octanol–water partition coefficient (Wildman–Crippen LogP) is 22.2. The Balaban J connectivity index is 5.27. The molecule has 0 aromatic rings. The van der Waals surface area contributed by atoms with Crippen LogP contribution in [0, 0.1) is 17.8 Å². The highest BCUT2D eigenvalue weighted by Gasteiger charge is 2.30. The molecule has 95 heavy (non-hydrogen) atoms. The molecule has 0 saturated heterocycles. The maximum absolute atomic E-state index is 13.1. The fraction of sp³-hybridized carbons (Fsp3) is 0.947. The molecule has 0 fully saturated rings. The van der Waals surface area contributed by atoms with Crippen LogP contribution < -0.4 is 0 Å². The number of rotatable bonds is 74. The van der Waals surface area contributed by atoms with Crippen molar-refractivity contribution < 1.29 is 80.2 Å². The van der Waals surface area contributed by atoms with Crippen molar-refractivity contribution in [2.75, 3.05) is 39.6 Å². The first-order valence-electron chi connectivity index (χ1n) is 39.4. The van der Waals surface area contributed by atoms with Crippen molar-refractivity contribution >= 4 is 39.5 Å². The maximum atomic E-state index is 13.1. The molecule has 0 aromatic carbocycles. The lowest BCUT2D eigenvalue weighted by molar-refractivity contribution is -0.161. The van der Waals surface area contributed by atoms with Gasteiger partial charge in [0.25, 0.3) is 0 Å². The van der Waals surface area contributed by atoms with E-state index in [1.54, 1.807) is 0 Å². The standard InChI is InChI=1S/C76H148O17P2/c1-8-10-11-12-13-14-15-16-17-18-22-28-36-43-50-57-73(78)86-63-71(92-75(80)59-52-45-38-29-23-20-19-21-26-33-40-47-54-67(3)4)65-90-94(82,83)88-61-70(77)62-89-95(84,85)91-66-72(64-87-74(79)58-51-44-37-32-31-34-41-48-55-68(5)6)93-76(81)60-53-46-39-30-25-24-27-35-42-49-56-69(7)9-2/h67-72,77H,8-66H2,1-7H3,(H,82,83)(H,84,85)/t69?,70-,71-,72-/m1/s1. The van der Waals surface area contributed by atoms with Crippen LogP contribution in [0.25, 0.3) is 0 Å². The van der Waals surface area contributed by atoms with Gasteiger partial charge < -0.3 is 33.8 Å². The maximum Gasteiger partial charge on any atom is 0.472 e. The first-order chi connectivity index (χ1) is 45.8. The lowest BCUT2D eigenvalue weighted by Crippen LogP contribution is -2.30. The minimum Gasteiger partial charge on any atom is -0.462 e. The van der Waals surface area contributed by atoms with E-state index in [-0.39, 0.29) is 25.7 Å². The normalized spacial score (nSPS) is 14.4. The molecule has 0 bridgehead atoms. The molecule has 0 spiro atoms. The minimum atomic E-state index is -4.96. The molecular weight excluding hydrogens is 1250 g/mol. The zero-order chi connectivity index (χ0) is 70.1. The van der Waals surface area contributed by atoms with E-state index in [1.807, 2.05) is 0 Å². The minimum absolute atomic E-state index is 0.106. The summed E-state index contributed by atoms with van der Waals surface area (Å²) in [6.45, 7) is 11.9. The fourth-order valence-corrected chi connectivity index (χ4v) is 13.1. The molecule has 0 aliphatic rings. The highest BCUT2D eigenvalue weighted by Crippen LogP contribution is 2.45. The van der Waals surface area contributed by atoms with E-state index in [4.69, 9.17) is 37.0 Å². The zero-order valence-electron chi connectivity index (χ0n) is 62.1. The van der Waals surface area contributed by atoms with Gasteiger partial charge in [-0.25, -0.2) is 9.13 Å². The molecule has 0 heterocycles. The topological polar surface area (TPSA) is 237 Å². The van der Waals surface area contributed by atoms with E-state index in [9.17, 15) is 43.2 Å². The van der Waals surface area contributed by atoms with Crippen LogP contribution in [-0.4, -0.2) is 96.7 Å². The molecule has 0 aliphatic heterocycles. The summed E-state index contributed by atoms with van der Waals surface area (Å²) < 4.78 is 68.6. The Morgan fingerprint density at radius 2 is 0.537 bits per heavy atom. The van der Waals surface area contributed by atoms with Gasteiger partial charge in [-0.15, -0.1) is 0 Å². The fourth-order valence-electron chi connectivity index (χ4n) is 11.6. The monoisotopic (exact) mass is 1400 g/mol. The summed E-state index contributed by atoms with van der Waals surface area (Å²) in [4.78, 5) is 72.8. The van der Waals surface area contributed by atoms with Gasteiger partial charge in [-0.3, -0.25) is 37.3 Å². The number of carbonyl (C=O) groups excluding carboxylic acids is 4. The number of ether oxygens (including phenoxy) is 4. The van der Waals surface area contributed by atoms with E-state index in [0.29, 0.717) is 25.7 Å². The number of unbranched alkanes of at least 4 members (excludes halogenated alkanes) is 41. The van der Waals surface area contributed by atoms with E-state index < -0.39 is 97.5 Å². The molecule has 17 nitrogen and oxygen atoms in total. The van der Waals surface area contributed by atoms with Gasteiger partial charge in [-0.2, -0.15) is 0 Å². The second-order valence-electron chi connectivity index (χ2n) is 28.6. The summed E-state index contributed by atoms with van der Waals surface area (Å²) in [6.07, 6.45) is 52.6. The number of phosphoric ester groups is 2. The first kappa shape index (κ1) is 93.1. The summed E-state index contributed by atoms with van der Waals surface area (Å²) in [7, 11) is -9.91. The molecule has 3 N–H and O–H groups in total. The van der Waals surface area contributed by atoms with Crippen LogP contribution in [0.1, 0.15) is 389 Å². The van der Waals surface area contributed by atoms with Crippen molar-refractivity contribution in [2.45, 2.75) is 407 Å². The van der Waals surface area contributed by atoms with Gasteiger partial charge in [-0.05, 0) is 43.4 Å². The number of carbonyl (C=O) groups is 4. The van der Waals surface area contributed by atoms with Gasteiger partial charge in [0.05, 0.1) is 26.4 Å². The lowest BCUT2D eigenvalue weighted by Gasteiger charge is -2.21. The Morgan fingerprint density at radius 3 is 0.800 bits per heavy atom. The van der Waals surface area contributed by atoms with Crippen LogP contribution in [0.2, 0.25) is 0 Å². The molecule has 3 unspecified atom stereocenters. The number of phosphoric acid groups is 2. The van der Waals surface area contributed by atoms with Crippen molar-refractivity contribution in [3.63, 3.8) is 0 Å². The van der Waals surface area contributed by atoms with Crippen molar-refractivity contribution in [1.82, 2.24) is 0 Å². The molecule has 0 aromatic heterocycles. The van der Waals surface area contributed by atoms with Crippen LogP contribution in [0.5, 0.6) is 0 Å². The Bertz CT molecular complexity index is 1850. The average molecular weight is 1400 g/mol. The van der Waals surface area contributed by atoms with Gasteiger partial charge in [0.2, 0.25) is 0 Å². The predicted molar refractivity (Wildman–Crippen MR) is 386 cm³/mol. The van der Waals surface area contributed by atoms with Crippen molar-refractivity contribution in [2.24, 2.45) is 17.8 Å². The second-order valence-corrected chi connectivity index (χ2v) is 31.5. The summed E-state index contributed by atoms with van der Waals surface area (Å²) in [5.41, 5.74) is 0. The number of esters is 4. The quantitative estimate of drug-likeness (QED) is 0.0222. The summed E-state index contributed by atoms with van der Waals surface area (Å²) in [5, 5.41) is 10.6. The highest BCUT2D eigenvalue weighted by molar-refractivity contribution is 7.47. The number of hydrogen-bond acceptors (Lipinski definition) is 15. The summed E-state index contributed by atoms with van der Waals surface area (Å²) in [6, 6.07) is 0. The van der Waals surface area contributed by atoms with Crippen molar-refractivity contribution in [3.05, 3.63) is 0 Å². The molecular formula is C76H148O17P2. The SMILES string of the molecule is CCCCCCCCCCCCCCCCCC(=O)OC[C@H](COP(=O)(O)OC[C@@H](O)COP(=O)(O)OC[C@@H](COC(=O)CCCCCCCCCCC(C)C)OC(=O)CCCCCCCCCCCCC(C)CC)OC(=O)CCCCCCCCCCCCCCC(C)C. The highest BCUT2D eigenvalue weighted by atomic mass is 31.2. The molecule has 0 saturated carbocycles. The third-order valence-corrected chi connectivity index (χ3v) is 19.9. The van der Waals surface area contributed by atoms with Crippen LogP contribution in [0.4, 0.5) is 0 Å². The Hall–Kier alpha value is -1.94. The number of hydrogen-bond donors (Lipinski definition) is 3. The molecule has 6 atom stereocenters. The Labute approximate surface area is 581 Å². The summed E-state index contributed by atoms with van der Waals surface area (Å²) in [5.74, 6) is 0.189. The molecule has 0 amide bonds. The largest absolute Gasteiger partial charge is 0.472 e. The summed E-state index contributed by atoms with van der Waals surface area (Å²) >= 11 is 0. The molecule has 19 heteroatoms. The Morgan fingerprint density at radius 1 is 0.305 bits per heavy atom. The molecule has 0 aliphatic carbocycles. The van der Waals surface area contributed by atoms with Crippen LogP contribution in [0.15, 0.2) is 0 Å². The number of aliphatic hydroxyl groups excluding tert-OH is 1. The van der Waals surface area contributed by atoms with Gasteiger partial charge in [0.15, 0.2) is 12.2 Å². The van der Waals surface area contributed by atoms with E-state index in [2.05, 4.69) is 48.5 Å². The lowest BCUT2D eigenvalue weighted by atomic mass is 9.99. The second kappa shape index (κ2) is 66.6. The van der Waals surface area contributed by atoms with E-state index >= 15 is 0 Å². The average Bonchev–Trinajstić information content (AvgIpc) is 1.37. The van der Waals surface area contributed by atoms with Gasteiger partial charge in [0, 0.05) is 25.7 Å². The first-order valence-corrected chi connectivity index (χ1v) is 42.4. The Kier molecular flexibility index (Phi) is 65.2. The smallest absolute Gasteiger partial charge is 0.462 e. The van der Waals surface area contributed by atoms with Crippen LogP contribution in [-0.2, 0) is 65.4 Å². The third-order valence-electron chi connectivity index (χ3n) is 18.0.